The Morgan fingerprint density at radius 1 is 1.30 bits per heavy atom. The van der Waals surface area contributed by atoms with E-state index in [4.69, 9.17) is 9.47 Å². The molecule has 2 fully saturated rings. The lowest BCUT2D eigenvalue weighted by atomic mass is 10.2. The summed E-state index contributed by atoms with van der Waals surface area (Å²) in [6, 6.07) is 3.61. The predicted octanol–water partition coefficient (Wildman–Crippen LogP) is 3.12. The summed E-state index contributed by atoms with van der Waals surface area (Å²) >= 11 is 7.62. The second-order valence-corrected chi connectivity index (χ2v) is 8.53. The summed E-state index contributed by atoms with van der Waals surface area (Å²) in [5.41, 5.74) is 0.642. The van der Waals surface area contributed by atoms with Gasteiger partial charge in [-0.05, 0) is 45.9 Å². The lowest BCUT2D eigenvalue weighted by molar-refractivity contribution is -0.139. The molecule has 27 heavy (non-hydrogen) atoms. The van der Waals surface area contributed by atoms with Crippen molar-refractivity contribution < 1.29 is 23.9 Å². The first kappa shape index (κ1) is 20.4. The van der Waals surface area contributed by atoms with Gasteiger partial charge in [0.15, 0.2) is 0 Å². The molecule has 2 heterocycles. The number of carbonyl (C=O) groups excluding carboxylic acids is 3. The number of rotatable bonds is 4. The van der Waals surface area contributed by atoms with Crippen molar-refractivity contribution in [2.75, 3.05) is 40.0 Å². The van der Waals surface area contributed by atoms with Gasteiger partial charge in [0.05, 0.1) is 29.7 Å². The fourth-order valence-corrected chi connectivity index (χ4v) is 4.98. The zero-order valence-corrected chi connectivity index (χ0v) is 18.4. The molecule has 0 aliphatic carbocycles. The summed E-state index contributed by atoms with van der Waals surface area (Å²) in [5.74, 6) is -0.191. The number of carbonyl (C=O) groups is 3. The topological polar surface area (TPSA) is 76.2 Å². The summed E-state index contributed by atoms with van der Waals surface area (Å²) in [5, 5.41) is -0.458. The average molecular weight is 520 g/mol. The van der Waals surface area contributed by atoms with Gasteiger partial charge in [-0.1, -0.05) is 15.9 Å². The molecule has 144 valence electrons. The molecule has 7 nitrogen and oxygen atoms in total. The molecule has 0 spiro atoms. The van der Waals surface area contributed by atoms with Crippen LogP contribution in [-0.2, 0) is 14.3 Å². The second-order valence-electron chi connectivity index (χ2n) is 5.77. The van der Waals surface area contributed by atoms with E-state index in [1.807, 2.05) is 6.07 Å². The van der Waals surface area contributed by atoms with Crippen LogP contribution in [0.1, 0.15) is 5.56 Å². The number of amides is 3. The van der Waals surface area contributed by atoms with E-state index < -0.39 is 11.1 Å². The Morgan fingerprint density at radius 3 is 2.67 bits per heavy atom. The van der Waals surface area contributed by atoms with E-state index in [0.29, 0.717) is 42.1 Å². The van der Waals surface area contributed by atoms with Crippen molar-refractivity contribution in [2.24, 2.45) is 0 Å². The van der Waals surface area contributed by atoms with Gasteiger partial charge in [0.2, 0.25) is 5.91 Å². The van der Waals surface area contributed by atoms with Crippen LogP contribution in [0.4, 0.5) is 4.79 Å². The van der Waals surface area contributed by atoms with Gasteiger partial charge in [-0.3, -0.25) is 19.3 Å². The van der Waals surface area contributed by atoms with Crippen molar-refractivity contribution in [3.63, 3.8) is 0 Å². The van der Waals surface area contributed by atoms with E-state index in [1.165, 1.54) is 7.11 Å². The molecular weight excluding hydrogens is 504 g/mol. The first-order valence-electron chi connectivity index (χ1n) is 8.04. The van der Waals surface area contributed by atoms with Gasteiger partial charge >= 0.3 is 0 Å². The van der Waals surface area contributed by atoms with Gasteiger partial charge < -0.3 is 14.4 Å². The quantitative estimate of drug-likeness (QED) is 0.569. The van der Waals surface area contributed by atoms with Crippen LogP contribution >= 0.6 is 43.6 Å². The minimum atomic E-state index is -0.482. The lowest BCUT2D eigenvalue weighted by Crippen LogP contribution is -2.46. The van der Waals surface area contributed by atoms with E-state index in [9.17, 15) is 14.4 Å². The number of nitrogens with zero attached hydrogens (tertiary/aromatic N) is 2. The van der Waals surface area contributed by atoms with Gasteiger partial charge in [-0.2, -0.15) is 0 Å². The lowest BCUT2D eigenvalue weighted by Gasteiger charge is -2.28. The molecule has 0 aromatic heterocycles. The van der Waals surface area contributed by atoms with Crippen LogP contribution < -0.4 is 4.74 Å². The number of thioether (sulfide) groups is 1. The maximum atomic E-state index is 12.7. The monoisotopic (exact) mass is 518 g/mol. The first-order chi connectivity index (χ1) is 12.9. The fraction of sp³-hybridized carbons (Fsp3) is 0.353. The molecule has 2 aliphatic rings. The van der Waals surface area contributed by atoms with Crippen molar-refractivity contribution in [1.82, 2.24) is 9.80 Å². The Kier molecular flexibility index (Phi) is 6.61. The van der Waals surface area contributed by atoms with Gasteiger partial charge in [-0.25, -0.2) is 0 Å². The minimum absolute atomic E-state index is 0.248. The summed E-state index contributed by atoms with van der Waals surface area (Å²) in [7, 11) is 1.53. The fourth-order valence-electron chi connectivity index (χ4n) is 2.73. The van der Waals surface area contributed by atoms with Gasteiger partial charge in [-0.15, -0.1) is 0 Å². The Labute approximate surface area is 177 Å². The Bertz CT molecular complexity index is 824. The van der Waals surface area contributed by atoms with Crippen molar-refractivity contribution in [3.05, 3.63) is 31.5 Å². The smallest absolute Gasteiger partial charge is 0.294 e. The molecular formula is C17H16Br2N2O5S. The summed E-state index contributed by atoms with van der Waals surface area (Å²) in [6.45, 7) is 1.60. The molecule has 1 aromatic rings. The maximum Gasteiger partial charge on any atom is 0.294 e. The number of halogens is 2. The Morgan fingerprint density at radius 2 is 2.00 bits per heavy atom. The zero-order valence-electron chi connectivity index (χ0n) is 14.4. The third kappa shape index (κ3) is 4.56. The van der Waals surface area contributed by atoms with E-state index in [-0.39, 0.29) is 17.4 Å². The highest BCUT2D eigenvalue weighted by Crippen LogP contribution is 2.38. The largest absolute Gasteiger partial charge is 0.495 e. The number of benzene rings is 1. The number of imide groups is 1. The Balaban J connectivity index is 1.80. The normalized spacial score (nSPS) is 19.1. The highest BCUT2D eigenvalue weighted by Gasteiger charge is 2.37. The summed E-state index contributed by atoms with van der Waals surface area (Å²) in [4.78, 5) is 40.1. The molecule has 0 N–H and O–H groups in total. The predicted molar refractivity (Wildman–Crippen MR) is 108 cm³/mol. The molecule has 0 bridgehead atoms. The van der Waals surface area contributed by atoms with Crippen LogP contribution in [0.15, 0.2) is 26.0 Å². The van der Waals surface area contributed by atoms with Crippen LogP contribution in [0, 0.1) is 0 Å². The summed E-state index contributed by atoms with van der Waals surface area (Å²) < 4.78 is 12.1. The van der Waals surface area contributed by atoms with Crippen molar-refractivity contribution in [2.45, 2.75) is 0 Å². The molecule has 3 rings (SSSR count). The van der Waals surface area contributed by atoms with E-state index >= 15 is 0 Å². The molecule has 2 saturated heterocycles. The number of ether oxygens (including phenoxy) is 2. The van der Waals surface area contributed by atoms with Crippen molar-refractivity contribution >= 4 is 66.8 Å². The maximum absolute atomic E-state index is 12.7. The number of methoxy groups -OCH3 is 1. The standard InChI is InChI=1S/C17H16Br2N2O5S/c1-25-15-10(6-11(18)8-12(15)19)7-13-16(23)21(17(24)27-13)9-14(22)20-2-4-26-5-3-20/h6-8H,2-5,9H2,1H3/b13-7-. The third-order valence-corrected chi connectivity index (χ3v) is 6.01. The van der Waals surface area contributed by atoms with Gasteiger partial charge in [0.1, 0.15) is 12.3 Å². The van der Waals surface area contributed by atoms with Crippen LogP contribution in [-0.4, -0.2) is 66.8 Å². The SMILES string of the molecule is COc1c(Br)cc(Br)cc1/C=C1\SC(=O)N(CC(=O)N2CCOCC2)C1=O. The van der Waals surface area contributed by atoms with Crippen molar-refractivity contribution in [1.29, 1.82) is 0 Å². The van der Waals surface area contributed by atoms with Crippen LogP contribution in [0.3, 0.4) is 0 Å². The zero-order chi connectivity index (χ0) is 19.6. The molecule has 0 radical (unpaired) electrons. The van der Waals surface area contributed by atoms with E-state index in [1.54, 1.807) is 17.0 Å². The third-order valence-electron chi connectivity index (χ3n) is 4.06. The van der Waals surface area contributed by atoms with Crippen LogP contribution in [0.25, 0.3) is 6.08 Å². The second kappa shape index (κ2) is 8.76. The Hall–Kier alpha value is -1.36. The molecule has 1 aromatic carbocycles. The van der Waals surface area contributed by atoms with E-state index in [0.717, 1.165) is 21.1 Å². The van der Waals surface area contributed by atoms with Crippen LogP contribution in [0.2, 0.25) is 0 Å². The number of hydrogen-bond acceptors (Lipinski definition) is 6. The molecule has 0 atom stereocenters. The van der Waals surface area contributed by atoms with Crippen molar-refractivity contribution in [3.8, 4) is 5.75 Å². The molecule has 3 amide bonds. The minimum Gasteiger partial charge on any atom is -0.495 e. The summed E-state index contributed by atoms with van der Waals surface area (Å²) in [6.07, 6.45) is 1.60. The highest BCUT2D eigenvalue weighted by atomic mass is 79.9. The molecule has 2 aliphatic heterocycles. The van der Waals surface area contributed by atoms with Gasteiger partial charge in [0.25, 0.3) is 11.1 Å². The van der Waals surface area contributed by atoms with E-state index in [2.05, 4.69) is 31.9 Å². The number of morpholine rings is 1. The van der Waals surface area contributed by atoms with Crippen LogP contribution in [0.5, 0.6) is 5.75 Å². The first-order valence-corrected chi connectivity index (χ1v) is 10.4. The molecule has 0 unspecified atom stereocenters. The van der Waals surface area contributed by atoms with Gasteiger partial charge in [0, 0.05) is 23.1 Å². The molecule has 10 heteroatoms. The number of hydrogen-bond donors (Lipinski definition) is 0. The molecule has 0 saturated carbocycles. The highest BCUT2D eigenvalue weighted by molar-refractivity contribution is 9.11. The average Bonchev–Trinajstić information content (AvgIpc) is 2.89.